The Labute approximate surface area is 99.0 Å². The molecule has 15 heavy (non-hydrogen) atoms. The highest BCUT2D eigenvalue weighted by Gasteiger charge is 2.17. The van der Waals surface area contributed by atoms with E-state index in [2.05, 4.69) is 50.2 Å². The van der Waals surface area contributed by atoms with Crippen molar-refractivity contribution in [1.29, 1.82) is 0 Å². The standard InChI is InChI=1S/C11H16BrN3/c1-9(15-6-4-13-5-7-15)10-2-3-14-11(12)8-10/h2-3,8-9,13H,4-7H2,1H3/t9-/m0/s1. The number of piperazine rings is 1. The number of rotatable bonds is 2. The molecule has 0 spiro atoms. The minimum Gasteiger partial charge on any atom is -0.314 e. The van der Waals surface area contributed by atoms with Crippen molar-refractivity contribution in [2.75, 3.05) is 26.2 Å². The van der Waals surface area contributed by atoms with Crippen LogP contribution < -0.4 is 5.32 Å². The van der Waals surface area contributed by atoms with Crippen LogP contribution in [0.25, 0.3) is 0 Å². The summed E-state index contributed by atoms with van der Waals surface area (Å²) >= 11 is 3.41. The Morgan fingerprint density at radius 1 is 1.47 bits per heavy atom. The second-order valence-electron chi connectivity index (χ2n) is 3.87. The first-order valence-electron chi connectivity index (χ1n) is 5.33. The number of halogens is 1. The minimum absolute atomic E-state index is 0.478. The van der Waals surface area contributed by atoms with Crippen molar-refractivity contribution in [2.45, 2.75) is 13.0 Å². The maximum absolute atomic E-state index is 4.15. The number of nitrogens with zero attached hydrogens (tertiary/aromatic N) is 2. The SMILES string of the molecule is C[C@@H](c1ccnc(Br)c1)N1CCNCC1. The first-order chi connectivity index (χ1) is 7.27. The van der Waals surface area contributed by atoms with Gasteiger partial charge in [0.25, 0.3) is 0 Å². The van der Waals surface area contributed by atoms with Crippen LogP contribution in [0, 0.1) is 0 Å². The molecule has 1 saturated heterocycles. The Balaban J connectivity index is 2.08. The van der Waals surface area contributed by atoms with Gasteiger partial charge in [0.2, 0.25) is 0 Å². The van der Waals surface area contributed by atoms with Crippen LogP contribution in [-0.2, 0) is 0 Å². The Morgan fingerprint density at radius 2 is 2.20 bits per heavy atom. The lowest BCUT2D eigenvalue weighted by molar-refractivity contribution is 0.185. The molecule has 82 valence electrons. The van der Waals surface area contributed by atoms with Crippen molar-refractivity contribution >= 4 is 15.9 Å². The van der Waals surface area contributed by atoms with Gasteiger partial charge in [0.15, 0.2) is 0 Å². The van der Waals surface area contributed by atoms with Gasteiger partial charge in [-0.2, -0.15) is 0 Å². The van der Waals surface area contributed by atoms with Crippen molar-refractivity contribution in [3.05, 3.63) is 28.5 Å². The van der Waals surface area contributed by atoms with Gasteiger partial charge in [-0.25, -0.2) is 4.98 Å². The van der Waals surface area contributed by atoms with Crippen LogP contribution in [0.3, 0.4) is 0 Å². The quantitative estimate of drug-likeness (QED) is 0.831. The predicted octanol–water partition coefficient (Wildman–Crippen LogP) is 1.81. The van der Waals surface area contributed by atoms with E-state index in [9.17, 15) is 0 Å². The third-order valence-corrected chi connectivity index (χ3v) is 3.37. The maximum atomic E-state index is 4.15. The van der Waals surface area contributed by atoms with Crippen LogP contribution in [0.2, 0.25) is 0 Å². The van der Waals surface area contributed by atoms with Crippen LogP contribution in [0.5, 0.6) is 0 Å². The fraction of sp³-hybridized carbons (Fsp3) is 0.545. The highest BCUT2D eigenvalue weighted by atomic mass is 79.9. The van der Waals surface area contributed by atoms with E-state index in [0.29, 0.717) is 6.04 Å². The van der Waals surface area contributed by atoms with Crippen molar-refractivity contribution in [2.24, 2.45) is 0 Å². The van der Waals surface area contributed by atoms with E-state index < -0.39 is 0 Å². The van der Waals surface area contributed by atoms with Gasteiger partial charge >= 0.3 is 0 Å². The van der Waals surface area contributed by atoms with Gasteiger partial charge in [0.1, 0.15) is 4.60 Å². The summed E-state index contributed by atoms with van der Waals surface area (Å²) in [4.78, 5) is 6.65. The average Bonchev–Trinajstić information content (AvgIpc) is 2.29. The topological polar surface area (TPSA) is 28.2 Å². The molecule has 1 fully saturated rings. The summed E-state index contributed by atoms with van der Waals surface area (Å²) in [5.41, 5.74) is 1.33. The molecule has 1 aliphatic heterocycles. The summed E-state index contributed by atoms with van der Waals surface area (Å²) in [6, 6.07) is 4.68. The molecule has 1 N–H and O–H groups in total. The van der Waals surface area contributed by atoms with Crippen molar-refractivity contribution in [3.63, 3.8) is 0 Å². The molecule has 0 aromatic carbocycles. The average molecular weight is 270 g/mol. The largest absolute Gasteiger partial charge is 0.314 e. The first-order valence-corrected chi connectivity index (χ1v) is 6.13. The van der Waals surface area contributed by atoms with Crippen LogP contribution in [0.15, 0.2) is 22.9 Å². The summed E-state index contributed by atoms with van der Waals surface area (Å²) < 4.78 is 0.919. The Bertz CT molecular complexity index is 323. The summed E-state index contributed by atoms with van der Waals surface area (Å²) in [6.45, 7) is 6.70. The zero-order chi connectivity index (χ0) is 10.7. The van der Waals surface area contributed by atoms with Gasteiger partial charge in [-0.3, -0.25) is 4.90 Å². The molecule has 1 aliphatic rings. The molecule has 0 aliphatic carbocycles. The zero-order valence-corrected chi connectivity index (χ0v) is 10.5. The molecule has 0 bridgehead atoms. The highest BCUT2D eigenvalue weighted by molar-refractivity contribution is 9.10. The lowest BCUT2D eigenvalue weighted by Crippen LogP contribution is -2.44. The molecule has 1 aromatic rings. The number of hydrogen-bond acceptors (Lipinski definition) is 3. The van der Waals surface area contributed by atoms with Crippen LogP contribution in [0.4, 0.5) is 0 Å². The summed E-state index contributed by atoms with van der Waals surface area (Å²) in [5, 5.41) is 3.37. The van der Waals surface area contributed by atoms with Gasteiger partial charge in [-0.05, 0) is 40.5 Å². The second kappa shape index (κ2) is 5.05. The van der Waals surface area contributed by atoms with Gasteiger partial charge in [0, 0.05) is 38.4 Å². The molecule has 3 nitrogen and oxygen atoms in total. The first kappa shape index (κ1) is 11.0. The van der Waals surface area contributed by atoms with E-state index in [1.807, 2.05) is 6.20 Å². The minimum atomic E-state index is 0.478. The van der Waals surface area contributed by atoms with Gasteiger partial charge in [0.05, 0.1) is 0 Å². The fourth-order valence-corrected chi connectivity index (χ4v) is 2.34. The summed E-state index contributed by atoms with van der Waals surface area (Å²) in [6.07, 6.45) is 1.86. The third kappa shape index (κ3) is 2.77. The van der Waals surface area contributed by atoms with Crippen molar-refractivity contribution in [1.82, 2.24) is 15.2 Å². The predicted molar refractivity (Wildman–Crippen MR) is 64.8 cm³/mol. The number of hydrogen-bond donors (Lipinski definition) is 1. The molecular weight excluding hydrogens is 254 g/mol. The van der Waals surface area contributed by atoms with Crippen LogP contribution in [-0.4, -0.2) is 36.1 Å². The molecule has 0 radical (unpaired) electrons. The molecular formula is C11H16BrN3. The van der Waals surface area contributed by atoms with Gasteiger partial charge in [-0.15, -0.1) is 0 Å². The number of nitrogens with one attached hydrogen (secondary N) is 1. The van der Waals surface area contributed by atoms with E-state index in [1.165, 1.54) is 5.56 Å². The zero-order valence-electron chi connectivity index (χ0n) is 8.91. The number of pyridine rings is 1. The molecule has 1 atom stereocenters. The maximum Gasteiger partial charge on any atom is 0.106 e. The van der Waals surface area contributed by atoms with Gasteiger partial charge < -0.3 is 5.32 Å². The summed E-state index contributed by atoms with van der Waals surface area (Å²) in [7, 11) is 0. The van der Waals surface area contributed by atoms with E-state index in [-0.39, 0.29) is 0 Å². The smallest absolute Gasteiger partial charge is 0.106 e. The molecule has 2 heterocycles. The third-order valence-electron chi connectivity index (χ3n) is 2.93. The molecule has 0 unspecified atom stereocenters. The Hall–Kier alpha value is -0.450. The normalized spacial score (nSPS) is 20.1. The molecule has 1 aromatic heterocycles. The monoisotopic (exact) mass is 269 g/mol. The van der Waals surface area contributed by atoms with Crippen LogP contribution in [0.1, 0.15) is 18.5 Å². The molecule has 4 heteroatoms. The van der Waals surface area contributed by atoms with E-state index in [4.69, 9.17) is 0 Å². The summed E-state index contributed by atoms with van der Waals surface area (Å²) in [5.74, 6) is 0. The van der Waals surface area contributed by atoms with Gasteiger partial charge in [-0.1, -0.05) is 0 Å². The van der Waals surface area contributed by atoms with Crippen molar-refractivity contribution in [3.8, 4) is 0 Å². The fourth-order valence-electron chi connectivity index (χ4n) is 1.96. The lowest BCUT2D eigenvalue weighted by Gasteiger charge is -2.33. The number of aromatic nitrogens is 1. The second-order valence-corrected chi connectivity index (χ2v) is 4.69. The van der Waals surface area contributed by atoms with Crippen molar-refractivity contribution < 1.29 is 0 Å². The molecule has 0 amide bonds. The Morgan fingerprint density at radius 3 is 2.87 bits per heavy atom. The Kier molecular flexibility index (Phi) is 3.72. The van der Waals surface area contributed by atoms with E-state index >= 15 is 0 Å². The molecule has 0 saturated carbocycles. The van der Waals surface area contributed by atoms with E-state index in [1.54, 1.807) is 0 Å². The highest BCUT2D eigenvalue weighted by Crippen LogP contribution is 2.21. The lowest BCUT2D eigenvalue weighted by atomic mass is 10.1. The van der Waals surface area contributed by atoms with E-state index in [0.717, 1.165) is 30.8 Å². The van der Waals surface area contributed by atoms with Crippen LogP contribution >= 0.6 is 15.9 Å². The molecule has 2 rings (SSSR count).